The highest BCUT2D eigenvalue weighted by molar-refractivity contribution is 5.89. The first kappa shape index (κ1) is 16.5. The predicted molar refractivity (Wildman–Crippen MR) is 91.3 cm³/mol. The van der Waals surface area contributed by atoms with Crippen LogP contribution in [-0.4, -0.2) is 29.2 Å². The number of rotatable bonds is 4. The van der Waals surface area contributed by atoms with Gasteiger partial charge in [0.1, 0.15) is 5.82 Å². The molecule has 0 fully saturated rings. The van der Waals surface area contributed by atoms with Gasteiger partial charge in [-0.05, 0) is 42.5 Å². The Labute approximate surface area is 140 Å². The molecule has 1 aliphatic rings. The van der Waals surface area contributed by atoms with Crippen molar-refractivity contribution in [2.45, 2.75) is 25.3 Å². The molecule has 2 N–H and O–H groups in total. The Morgan fingerprint density at radius 3 is 2.75 bits per heavy atom. The number of aliphatic hydroxyl groups is 1. The largest absolute Gasteiger partial charge is 0.395 e. The van der Waals surface area contributed by atoms with E-state index < -0.39 is 11.8 Å². The molecule has 0 aromatic heterocycles. The van der Waals surface area contributed by atoms with E-state index in [0.717, 1.165) is 24.8 Å². The molecule has 0 bridgehead atoms. The van der Waals surface area contributed by atoms with Gasteiger partial charge in [-0.2, -0.15) is 0 Å². The van der Waals surface area contributed by atoms with E-state index in [1.54, 1.807) is 17.0 Å². The molecule has 4 nitrogen and oxygen atoms in total. The van der Waals surface area contributed by atoms with Crippen molar-refractivity contribution in [1.82, 2.24) is 4.90 Å². The van der Waals surface area contributed by atoms with Crippen LogP contribution in [0.25, 0.3) is 0 Å². The minimum Gasteiger partial charge on any atom is -0.395 e. The number of para-hydroxylation sites is 1. The number of nitrogens with zero attached hydrogens (tertiary/aromatic N) is 1. The maximum atomic E-state index is 13.8. The molecule has 1 aliphatic carbocycles. The monoisotopic (exact) mass is 328 g/mol. The van der Waals surface area contributed by atoms with Gasteiger partial charge in [-0.25, -0.2) is 9.18 Å². The highest BCUT2D eigenvalue weighted by atomic mass is 19.1. The van der Waals surface area contributed by atoms with Crippen LogP contribution in [0.1, 0.15) is 30.0 Å². The Hall–Kier alpha value is -2.40. The molecule has 0 spiro atoms. The van der Waals surface area contributed by atoms with Crippen molar-refractivity contribution in [3.8, 4) is 0 Å². The summed E-state index contributed by atoms with van der Waals surface area (Å²) in [6.07, 6.45) is 2.81. The number of fused-ring (bicyclic) bond motifs is 1. The zero-order chi connectivity index (χ0) is 16.9. The third-order valence-corrected chi connectivity index (χ3v) is 4.43. The lowest BCUT2D eigenvalue weighted by molar-refractivity contribution is 0.154. The lowest BCUT2D eigenvalue weighted by Crippen LogP contribution is -2.41. The summed E-state index contributed by atoms with van der Waals surface area (Å²) in [7, 11) is 0. The van der Waals surface area contributed by atoms with E-state index in [1.807, 2.05) is 18.2 Å². The maximum absolute atomic E-state index is 13.8. The van der Waals surface area contributed by atoms with Gasteiger partial charge in [0.2, 0.25) is 0 Å². The number of benzene rings is 2. The van der Waals surface area contributed by atoms with Crippen LogP contribution in [-0.2, 0) is 6.42 Å². The van der Waals surface area contributed by atoms with Gasteiger partial charge in [0.05, 0.1) is 18.3 Å². The van der Waals surface area contributed by atoms with Gasteiger partial charge in [-0.1, -0.05) is 36.4 Å². The second-order valence-electron chi connectivity index (χ2n) is 5.93. The molecule has 126 valence electrons. The van der Waals surface area contributed by atoms with Crippen molar-refractivity contribution in [3.05, 3.63) is 65.5 Å². The van der Waals surface area contributed by atoms with Crippen LogP contribution in [0, 0.1) is 5.82 Å². The van der Waals surface area contributed by atoms with Crippen molar-refractivity contribution >= 4 is 11.7 Å². The van der Waals surface area contributed by atoms with Crippen molar-refractivity contribution in [3.63, 3.8) is 0 Å². The quantitative estimate of drug-likeness (QED) is 0.898. The first-order valence-electron chi connectivity index (χ1n) is 8.21. The normalized spacial score (nSPS) is 16.3. The van der Waals surface area contributed by atoms with E-state index in [-0.39, 0.29) is 24.9 Å². The first-order valence-corrected chi connectivity index (χ1v) is 8.21. The number of aryl methyl sites for hydroxylation is 1. The molecule has 0 saturated carbocycles. The fourth-order valence-electron chi connectivity index (χ4n) is 3.31. The summed E-state index contributed by atoms with van der Waals surface area (Å²) in [6, 6.07) is 13.7. The lowest BCUT2D eigenvalue weighted by Gasteiger charge is -2.35. The number of halogens is 1. The Morgan fingerprint density at radius 2 is 1.96 bits per heavy atom. The minimum absolute atomic E-state index is 0.103. The number of carbonyl (C=O) groups is 1. The molecule has 0 heterocycles. The molecule has 1 unspecified atom stereocenters. The first-order chi connectivity index (χ1) is 11.7. The van der Waals surface area contributed by atoms with Crippen molar-refractivity contribution < 1.29 is 14.3 Å². The Balaban J connectivity index is 1.85. The predicted octanol–water partition coefficient (Wildman–Crippen LogP) is 3.73. The SMILES string of the molecule is O=C(Nc1ccccc1F)N(CCO)C1CCCc2ccccc21. The molecule has 24 heavy (non-hydrogen) atoms. The summed E-state index contributed by atoms with van der Waals surface area (Å²) in [5, 5.41) is 12.0. The molecule has 2 aromatic carbocycles. The van der Waals surface area contributed by atoms with E-state index in [2.05, 4.69) is 11.4 Å². The topological polar surface area (TPSA) is 52.6 Å². The summed E-state index contributed by atoms with van der Waals surface area (Å²) in [4.78, 5) is 14.3. The number of hydrogen-bond acceptors (Lipinski definition) is 2. The smallest absolute Gasteiger partial charge is 0.322 e. The zero-order valence-corrected chi connectivity index (χ0v) is 13.4. The molecule has 2 aromatic rings. The second-order valence-corrected chi connectivity index (χ2v) is 5.93. The van der Waals surface area contributed by atoms with E-state index in [4.69, 9.17) is 0 Å². The van der Waals surface area contributed by atoms with E-state index >= 15 is 0 Å². The molecule has 0 aliphatic heterocycles. The summed E-state index contributed by atoms with van der Waals surface area (Å²) in [5.74, 6) is -0.473. The fourth-order valence-corrected chi connectivity index (χ4v) is 3.31. The standard InChI is InChI=1S/C19H21FN2O2/c20-16-9-3-4-10-17(16)21-19(24)22(12-13-23)18-11-5-7-14-6-1-2-8-15(14)18/h1-4,6,8-10,18,23H,5,7,11-13H2,(H,21,24). The van der Waals surface area contributed by atoms with E-state index in [9.17, 15) is 14.3 Å². The van der Waals surface area contributed by atoms with E-state index in [0.29, 0.717) is 0 Å². The van der Waals surface area contributed by atoms with Gasteiger partial charge < -0.3 is 15.3 Å². The van der Waals surface area contributed by atoms with Crippen molar-refractivity contribution in [2.75, 3.05) is 18.5 Å². The zero-order valence-electron chi connectivity index (χ0n) is 13.4. The number of carbonyl (C=O) groups excluding carboxylic acids is 1. The van der Waals surface area contributed by atoms with Crippen molar-refractivity contribution in [1.29, 1.82) is 0 Å². The molecular formula is C19H21FN2O2. The third kappa shape index (κ3) is 3.41. The average Bonchev–Trinajstić information content (AvgIpc) is 2.61. The van der Waals surface area contributed by atoms with Gasteiger partial charge in [-0.15, -0.1) is 0 Å². The fraction of sp³-hybridized carbons (Fsp3) is 0.316. The maximum Gasteiger partial charge on any atom is 0.322 e. The molecular weight excluding hydrogens is 307 g/mol. The molecule has 5 heteroatoms. The molecule has 1 atom stereocenters. The van der Waals surface area contributed by atoms with Gasteiger partial charge >= 0.3 is 6.03 Å². The van der Waals surface area contributed by atoms with Crippen LogP contribution in [0.5, 0.6) is 0 Å². The number of nitrogens with one attached hydrogen (secondary N) is 1. The van der Waals surface area contributed by atoms with E-state index in [1.165, 1.54) is 17.7 Å². The van der Waals surface area contributed by atoms with Crippen molar-refractivity contribution in [2.24, 2.45) is 0 Å². The Kier molecular flexibility index (Phi) is 5.11. The summed E-state index contributed by atoms with van der Waals surface area (Å²) >= 11 is 0. The van der Waals surface area contributed by atoms with Gasteiger partial charge in [0.15, 0.2) is 0 Å². The van der Waals surface area contributed by atoms with Gasteiger partial charge in [-0.3, -0.25) is 0 Å². The third-order valence-electron chi connectivity index (χ3n) is 4.43. The summed E-state index contributed by atoms with van der Waals surface area (Å²) in [6.45, 7) is 0.0721. The van der Waals surface area contributed by atoms with Crippen LogP contribution < -0.4 is 5.32 Å². The van der Waals surface area contributed by atoms with Crippen LogP contribution in [0.4, 0.5) is 14.9 Å². The highest BCUT2D eigenvalue weighted by Gasteiger charge is 2.29. The lowest BCUT2D eigenvalue weighted by atomic mass is 9.87. The van der Waals surface area contributed by atoms with Crippen LogP contribution in [0.15, 0.2) is 48.5 Å². The number of hydrogen-bond donors (Lipinski definition) is 2. The second kappa shape index (κ2) is 7.45. The number of aliphatic hydroxyl groups excluding tert-OH is 1. The Morgan fingerprint density at radius 1 is 1.21 bits per heavy atom. The number of urea groups is 1. The molecule has 3 rings (SSSR count). The highest BCUT2D eigenvalue weighted by Crippen LogP contribution is 2.34. The van der Waals surface area contributed by atoms with Gasteiger partial charge in [0.25, 0.3) is 0 Å². The summed E-state index contributed by atoms with van der Waals surface area (Å²) < 4.78 is 13.8. The Bertz CT molecular complexity index is 720. The van der Waals surface area contributed by atoms with Crippen LogP contribution in [0.2, 0.25) is 0 Å². The van der Waals surface area contributed by atoms with Crippen LogP contribution >= 0.6 is 0 Å². The number of amides is 2. The summed E-state index contributed by atoms with van der Waals surface area (Å²) in [5.41, 5.74) is 2.49. The average molecular weight is 328 g/mol. The number of anilines is 1. The van der Waals surface area contributed by atoms with Crippen LogP contribution in [0.3, 0.4) is 0 Å². The molecule has 2 amide bonds. The molecule has 0 saturated heterocycles. The molecule has 0 radical (unpaired) electrons. The minimum atomic E-state index is -0.473. The van der Waals surface area contributed by atoms with Gasteiger partial charge in [0, 0.05) is 6.54 Å².